The molecule has 0 spiro atoms. The first kappa shape index (κ1) is 20.9. The Kier molecular flexibility index (Phi) is 6.42. The topological polar surface area (TPSA) is 37.4 Å². The molecule has 2 aromatic carbocycles. The molecule has 2 amide bonds. The zero-order valence-electron chi connectivity index (χ0n) is 16.4. The standard InChI is InChI=1S/C24H20ClNO2S2/c1-2-3-5-16-7-11-18(12-8-16)26-23(27)21(20-6-4-15-29-20)22(24(26)28)30-19-13-9-17(25)10-14-19/h4,6-15H,2-3,5H2,1H3. The summed E-state index contributed by atoms with van der Waals surface area (Å²) in [6.45, 7) is 2.16. The Morgan fingerprint density at radius 3 is 2.33 bits per heavy atom. The summed E-state index contributed by atoms with van der Waals surface area (Å²) in [5, 5.41) is 2.54. The number of carbonyl (C=O) groups is 2. The molecule has 4 rings (SSSR count). The smallest absolute Gasteiger partial charge is 0.268 e. The molecule has 1 aliphatic heterocycles. The third kappa shape index (κ3) is 4.24. The summed E-state index contributed by atoms with van der Waals surface area (Å²) < 4.78 is 0. The first-order chi connectivity index (χ1) is 14.6. The Bertz CT molecular complexity index is 1090. The number of halogens is 1. The van der Waals surface area contributed by atoms with Crippen LogP contribution in [0, 0.1) is 0 Å². The van der Waals surface area contributed by atoms with Gasteiger partial charge in [-0.1, -0.05) is 54.9 Å². The minimum absolute atomic E-state index is 0.278. The van der Waals surface area contributed by atoms with Crippen LogP contribution in [0.2, 0.25) is 5.02 Å². The van der Waals surface area contributed by atoms with Gasteiger partial charge < -0.3 is 0 Å². The highest BCUT2D eigenvalue weighted by atomic mass is 35.5. The van der Waals surface area contributed by atoms with Crippen molar-refractivity contribution in [3.8, 4) is 0 Å². The molecule has 0 unspecified atom stereocenters. The van der Waals surface area contributed by atoms with E-state index in [0.29, 0.717) is 21.2 Å². The molecule has 1 aliphatic rings. The SMILES string of the molecule is CCCCc1ccc(N2C(=O)C(Sc3ccc(Cl)cc3)=C(c3cccs3)C2=O)cc1. The molecule has 0 fully saturated rings. The Labute approximate surface area is 189 Å². The Morgan fingerprint density at radius 1 is 0.967 bits per heavy atom. The van der Waals surface area contributed by atoms with E-state index in [2.05, 4.69) is 6.92 Å². The number of hydrogen-bond acceptors (Lipinski definition) is 4. The molecule has 0 saturated heterocycles. The zero-order valence-corrected chi connectivity index (χ0v) is 18.8. The summed E-state index contributed by atoms with van der Waals surface area (Å²) in [6, 6.07) is 18.8. The summed E-state index contributed by atoms with van der Waals surface area (Å²) in [5.41, 5.74) is 2.28. The molecule has 3 nitrogen and oxygen atoms in total. The number of thiophene rings is 1. The second-order valence-corrected chi connectivity index (χ2v) is 9.42. The maximum Gasteiger partial charge on any atom is 0.272 e. The average molecular weight is 454 g/mol. The number of thioether (sulfide) groups is 1. The molecule has 30 heavy (non-hydrogen) atoms. The van der Waals surface area contributed by atoms with E-state index < -0.39 is 0 Å². The van der Waals surface area contributed by atoms with E-state index in [4.69, 9.17) is 11.6 Å². The third-order valence-electron chi connectivity index (χ3n) is 4.86. The van der Waals surface area contributed by atoms with Crippen molar-refractivity contribution in [2.75, 3.05) is 4.90 Å². The van der Waals surface area contributed by atoms with Gasteiger partial charge in [0.25, 0.3) is 11.8 Å². The molecule has 0 aliphatic carbocycles. The molecular weight excluding hydrogens is 434 g/mol. The number of nitrogens with zero attached hydrogens (tertiary/aromatic N) is 1. The second-order valence-electron chi connectivity index (χ2n) is 6.95. The van der Waals surface area contributed by atoms with Crippen LogP contribution in [-0.2, 0) is 16.0 Å². The average Bonchev–Trinajstić information content (AvgIpc) is 3.35. The summed E-state index contributed by atoms with van der Waals surface area (Å²) in [6.07, 6.45) is 3.24. The largest absolute Gasteiger partial charge is 0.272 e. The van der Waals surface area contributed by atoms with Gasteiger partial charge in [-0.2, -0.15) is 0 Å². The fourth-order valence-corrected chi connectivity index (χ4v) is 5.23. The molecule has 2 heterocycles. The monoisotopic (exact) mass is 453 g/mol. The van der Waals surface area contributed by atoms with Crippen molar-refractivity contribution in [1.82, 2.24) is 0 Å². The lowest BCUT2D eigenvalue weighted by Gasteiger charge is -2.15. The van der Waals surface area contributed by atoms with Crippen molar-refractivity contribution >= 4 is 57.8 Å². The van der Waals surface area contributed by atoms with Gasteiger partial charge in [0.05, 0.1) is 16.2 Å². The first-order valence-corrected chi connectivity index (χ1v) is 11.8. The van der Waals surface area contributed by atoms with E-state index >= 15 is 0 Å². The van der Waals surface area contributed by atoms with Gasteiger partial charge >= 0.3 is 0 Å². The summed E-state index contributed by atoms with van der Waals surface area (Å²) in [7, 11) is 0. The Hall–Kier alpha value is -2.34. The number of benzene rings is 2. The third-order valence-corrected chi connectivity index (χ3v) is 7.09. The zero-order chi connectivity index (χ0) is 21.1. The summed E-state index contributed by atoms with van der Waals surface area (Å²) in [5.74, 6) is -0.565. The van der Waals surface area contributed by atoms with Gasteiger partial charge in [0.1, 0.15) is 0 Å². The van der Waals surface area contributed by atoms with Crippen LogP contribution in [-0.4, -0.2) is 11.8 Å². The van der Waals surface area contributed by atoms with E-state index in [9.17, 15) is 9.59 Å². The minimum Gasteiger partial charge on any atom is -0.268 e. The quantitative estimate of drug-likeness (QED) is 0.368. The lowest BCUT2D eigenvalue weighted by molar-refractivity contribution is -0.119. The van der Waals surface area contributed by atoms with Gasteiger partial charge in [0.15, 0.2) is 0 Å². The van der Waals surface area contributed by atoms with Crippen LogP contribution in [0.5, 0.6) is 0 Å². The number of anilines is 1. The number of aryl methyl sites for hydroxylation is 1. The highest BCUT2D eigenvalue weighted by Crippen LogP contribution is 2.42. The predicted octanol–water partition coefficient (Wildman–Crippen LogP) is 6.82. The molecule has 0 atom stereocenters. The number of rotatable bonds is 7. The number of amides is 2. The predicted molar refractivity (Wildman–Crippen MR) is 126 cm³/mol. The van der Waals surface area contributed by atoms with E-state index in [1.807, 2.05) is 53.9 Å². The number of imide groups is 1. The van der Waals surface area contributed by atoms with E-state index in [1.54, 1.807) is 12.1 Å². The number of unbranched alkanes of at least 4 members (excludes halogenated alkanes) is 1. The lowest BCUT2D eigenvalue weighted by atomic mass is 10.1. The molecule has 3 aromatic rings. The van der Waals surface area contributed by atoms with Gasteiger partial charge in [-0.15, -0.1) is 11.3 Å². The molecule has 0 bridgehead atoms. The van der Waals surface area contributed by atoms with Crippen molar-refractivity contribution < 1.29 is 9.59 Å². The van der Waals surface area contributed by atoms with Crippen LogP contribution in [0.3, 0.4) is 0 Å². The molecule has 0 N–H and O–H groups in total. The summed E-state index contributed by atoms with van der Waals surface area (Å²) in [4.78, 5) is 30.1. The number of carbonyl (C=O) groups excluding carboxylic acids is 2. The first-order valence-electron chi connectivity index (χ1n) is 9.77. The van der Waals surface area contributed by atoms with Crippen molar-refractivity contribution in [2.45, 2.75) is 31.1 Å². The van der Waals surface area contributed by atoms with E-state index in [1.165, 1.54) is 33.6 Å². The van der Waals surface area contributed by atoms with Crippen LogP contribution < -0.4 is 4.90 Å². The van der Waals surface area contributed by atoms with Crippen LogP contribution in [0.1, 0.15) is 30.2 Å². The Morgan fingerprint density at radius 2 is 1.70 bits per heavy atom. The maximum atomic E-state index is 13.4. The fraction of sp³-hybridized carbons (Fsp3) is 0.167. The summed E-state index contributed by atoms with van der Waals surface area (Å²) >= 11 is 8.75. The van der Waals surface area contributed by atoms with Gasteiger partial charge in [-0.05, 0) is 66.2 Å². The van der Waals surface area contributed by atoms with Crippen molar-refractivity contribution in [3.63, 3.8) is 0 Å². The number of hydrogen-bond donors (Lipinski definition) is 0. The fourth-order valence-electron chi connectivity index (χ4n) is 3.29. The van der Waals surface area contributed by atoms with Crippen LogP contribution >= 0.6 is 34.7 Å². The van der Waals surface area contributed by atoms with Gasteiger partial charge in [0.2, 0.25) is 0 Å². The normalized spacial score (nSPS) is 14.1. The molecule has 6 heteroatoms. The van der Waals surface area contributed by atoms with Crippen LogP contribution in [0.15, 0.2) is 75.8 Å². The lowest BCUT2D eigenvalue weighted by Crippen LogP contribution is -2.31. The maximum absolute atomic E-state index is 13.4. The van der Waals surface area contributed by atoms with Gasteiger partial charge in [-0.25, -0.2) is 4.90 Å². The van der Waals surface area contributed by atoms with Gasteiger partial charge in [-0.3, -0.25) is 9.59 Å². The van der Waals surface area contributed by atoms with Crippen molar-refractivity contribution in [3.05, 3.63) is 86.4 Å². The van der Waals surface area contributed by atoms with Crippen LogP contribution in [0.25, 0.3) is 5.57 Å². The molecule has 1 aromatic heterocycles. The van der Waals surface area contributed by atoms with Crippen molar-refractivity contribution in [2.24, 2.45) is 0 Å². The molecular formula is C24H20ClNO2S2. The molecule has 0 saturated carbocycles. The highest BCUT2D eigenvalue weighted by Gasteiger charge is 2.40. The second kappa shape index (κ2) is 9.21. The highest BCUT2D eigenvalue weighted by molar-refractivity contribution is 8.04. The van der Waals surface area contributed by atoms with Crippen molar-refractivity contribution in [1.29, 1.82) is 0 Å². The van der Waals surface area contributed by atoms with Gasteiger partial charge in [0, 0.05) is 14.8 Å². The van der Waals surface area contributed by atoms with E-state index in [0.717, 1.165) is 29.0 Å². The van der Waals surface area contributed by atoms with Crippen LogP contribution in [0.4, 0.5) is 5.69 Å². The minimum atomic E-state index is -0.287. The Balaban J connectivity index is 1.68. The molecule has 152 valence electrons. The molecule has 0 radical (unpaired) electrons. The van der Waals surface area contributed by atoms with E-state index in [-0.39, 0.29) is 11.8 Å².